The van der Waals surface area contributed by atoms with Crippen molar-refractivity contribution in [3.63, 3.8) is 0 Å². The van der Waals surface area contributed by atoms with Crippen LogP contribution in [0.4, 0.5) is 0 Å². The molecule has 3 heteroatoms. The second kappa shape index (κ2) is 2.87. The van der Waals surface area contributed by atoms with Crippen LogP contribution in [-0.4, -0.2) is 9.97 Å². The largest absolute Gasteiger partial charge is 0.336 e. The van der Waals surface area contributed by atoms with Crippen molar-refractivity contribution in [3.8, 4) is 0 Å². The molecule has 1 aromatic heterocycles. The number of nitrogens with one attached hydrogen (secondary N) is 1. The maximum absolute atomic E-state index is 4.17. The fourth-order valence-corrected chi connectivity index (χ4v) is 2.34. The Labute approximate surface area is 80.9 Å². The first-order valence-corrected chi connectivity index (χ1v) is 5.21. The minimum absolute atomic E-state index is 0.360. The molecule has 0 amide bonds. The molecule has 0 saturated heterocycles. The zero-order valence-electron chi connectivity index (χ0n) is 7.23. The van der Waals surface area contributed by atoms with Gasteiger partial charge >= 0.3 is 0 Å². The molecule has 0 bridgehead atoms. The first-order valence-electron chi connectivity index (χ1n) is 4.42. The van der Waals surface area contributed by atoms with Gasteiger partial charge in [-0.1, -0.05) is 19.8 Å². The van der Waals surface area contributed by atoms with Crippen molar-refractivity contribution >= 4 is 15.9 Å². The summed E-state index contributed by atoms with van der Waals surface area (Å²) >= 11 is 3.34. The summed E-state index contributed by atoms with van der Waals surface area (Å²) in [6, 6.07) is 0. The SMILES string of the molecule is CC1(c2cnc(Br)[nH]2)CCCC1. The van der Waals surface area contributed by atoms with Crippen molar-refractivity contribution in [3.05, 3.63) is 16.6 Å². The zero-order valence-corrected chi connectivity index (χ0v) is 8.82. The standard InChI is InChI=1S/C9H13BrN2/c1-9(4-2-3-5-9)7-6-11-8(10)12-7/h6H,2-5H2,1H3,(H,11,12). The first kappa shape index (κ1) is 8.30. The lowest BCUT2D eigenvalue weighted by molar-refractivity contribution is 0.478. The summed E-state index contributed by atoms with van der Waals surface area (Å²) in [4.78, 5) is 7.43. The van der Waals surface area contributed by atoms with Crippen LogP contribution in [0.15, 0.2) is 10.9 Å². The van der Waals surface area contributed by atoms with Gasteiger partial charge in [0, 0.05) is 17.3 Å². The van der Waals surface area contributed by atoms with Crippen molar-refractivity contribution in [1.29, 1.82) is 0 Å². The van der Waals surface area contributed by atoms with E-state index in [0.717, 1.165) is 4.73 Å². The highest BCUT2D eigenvalue weighted by Gasteiger charge is 2.31. The Morgan fingerprint density at radius 2 is 2.17 bits per heavy atom. The monoisotopic (exact) mass is 228 g/mol. The molecule has 1 aliphatic carbocycles. The third-order valence-electron chi connectivity index (χ3n) is 2.90. The number of hydrogen-bond acceptors (Lipinski definition) is 1. The molecular formula is C9H13BrN2. The van der Waals surface area contributed by atoms with Crippen LogP contribution < -0.4 is 0 Å². The van der Waals surface area contributed by atoms with Gasteiger partial charge in [0.1, 0.15) is 0 Å². The fourth-order valence-electron chi connectivity index (χ4n) is 2.03. The van der Waals surface area contributed by atoms with Crippen LogP contribution in [0.2, 0.25) is 0 Å². The number of H-pyrrole nitrogens is 1. The highest BCUT2D eigenvalue weighted by atomic mass is 79.9. The Morgan fingerprint density at radius 3 is 2.67 bits per heavy atom. The van der Waals surface area contributed by atoms with Crippen molar-refractivity contribution < 1.29 is 0 Å². The summed E-state index contributed by atoms with van der Waals surface area (Å²) in [6.45, 7) is 2.32. The number of aromatic nitrogens is 2. The molecule has 1 fully saturated rings. The third-order valence-corrected chi connectivity index (χ3v) is 3.31. The summed E-state index contributed by atoms with van der Waals surface area (Å²) in [5.74, 6) is 0. The minimum Gasteiger partial charge on any atom is -0.336 e. The van der Waals surface area contributed by atoms with Crippen molar-refractivity contribution in [2.24, 2.45) is 0 Å². The Hall–Kier alpha value is -0.310. The number of aromatic amines is 1. The molecule has 1 aromatic rings. The van der Waals surface area contributed by atoms with Gasteiger partial charge in [-0.2, -0.15) is 0 Å². The average Bonchev–Trinajstić information content (AvgIpc) is 2.59. The number of nitrogens with zero attached hydrogens (tertiary/aromatic N) is 1. The molecule has 12 heavy (non-hydrogen) atoms. The predicted octanol–water partition coefficient (Wildman–Crippen LogP) is 3.00. The fraction of sp³-hybridized carbons (Fsp3) is 0.667. The van der Waals surface area contributed by atoms with Crippen LogP contribution in [0, 0.1) is 0 Å². The van der Waals surface area contributed by atoms with Gasteiger partial charge < -0.3 is 4.98 Å². The molecule has 1 saturated carbocycles. The number of hydrogen-bond donors (Lipinski definition) is 1. The van der Waals surface area contributed by atoms with Gasteiger partial charge in [-0.3, -0.25) is 0 Å². The average molecular weight is 229 g/mol. The van der Waals surface area contributed by atoms with Crippen LogP contribution >= 0.6 is 15.9 Å². The quantitative estimate of drug-likeness (QED) is 0.787. The predicted molar refractivity (Wildman–Crippen MR) is 52.1 cm³/mol. The van der Waals surface area contributed by atoms with E-state index in [4.69, 9.17) is 0 Å². The van der Waals surface area contributed by atoms with E-state index >= 15 is 0 Å². The zero-order chi connectivity index (χ0) is 8.60. The molecule has 66 valence electrons. The summed E-state index contributed by atoms with van der Waals surface area (Å²) < 4.78 is 0.852. The second-order valence-electron chi connectivity index (χ2n) is 3.86. The van der Waals surface area contributed by atoms with Gasteiger partial charge in [0.05, 0.1) is 0 Å². The maximum Gasteiger partial charge on any atom is 0.174 e. The van der Waals surface area contributed by atoms with Crippen molar-refractivity contribution in [2.45, 2.75) is 38.0 Å². The number of imidazole rings is 1. The highest BCUT2D eigenvalue weighted by molar-refractivity contribution is 9.10. The van der Waals surface area contributed by atoms with Gasteiger partial charge in [0.15, 0.2) is 4.73 Å². The van der Waals surface area contributed by atoms with E-state index < -0.39 is 0 Å². The van der Waals surface area contributed by atoms with E-state index in [-0.39, 0.29) is 0 Å². The minimum atomic E-state index is 0.360. The van der Waals surface area contributed by atoms with Crippen molar-refractivity contribution in [2.75, 3.05) is 0 Å². The Morgan fingerprint density at radius 1 is 1.50 bits per heavy atom. The molecule has 0 spiro atoms. The van der Waals surface area contributed by atoms with Crippen LogP contribution in [0.1, 0.15) is 38.3 Å². The van der Waals surface area contributed by atoms with Gasteiger partial charge in [-0.15, -0.1) is 0 Å². The van der Waals surface area contributed by atoms with Crippen LogP contribution in [-0.2, 0) is 5.41 Å². The summed E-state index contributed by atoms with van der Waals surface area (Å²) in [5.41, 5.74) is 1.64. The molecule has 0 unspecified atom stereocenters. The Bertz CT molecular complexity index is 274. The maximum atomic E-state index is 4.17. The molecule has 1 aliphatic rings. The van der Waals surface area contributed by atoms with Gasteiger partial charge in [0.25, 0.3) is 0 Å². The van der Waals surface area contributed by atoms with Crippen molar-refractivity contribution in [1.82, 2.24) is 9.97 Å². The summed E-state index contributed by atoms with van der Waals surface area (Å²) in [6.07, 6.45) is 7.25. The number of halogens is 1. The first-order chi connectivity index (χ1) is 5.71. The molecule has 0 aromatic carbocycles. The third kappa shape index (κ3) is 1.30. The van der Waals surface area contributed by atoms with Crippen LogP contribution in [0.25, 0.3) is 0 Å². The van der Waals surface area contributed by atoms with E-state index in [9.17, 15) is 0 Å². The van der Waals surface area contributed by atoms with Crippen LogP contribution in [0.5, 0.6) is 0 Å². The molecule has 2 nitrogen and oxygen atoms in total. The lowest BCUT2D eigenvalue weighted by atomic mass is 9.86. The highest BCUT2D eigenvalue weighted by Crippen LogP contribution is 2.39. The second-order valence-corrected chi connectivity index (χ2v) is 4.61. The molecular weight excluding hydrogens is 216 g/mol. The molecule has 0 radical (unpaired) electrons. The molecule has 0 aliphatic heterocycles. The summed E-state index contributed by atoms with van der Waals surface area (Å²) in [7, 11) is 0. The Balaban J connectivity index is 2.28. The lowest BCUT2D eigenvalue weighted by Gasteiger charge is -2.20. The lowest BCUT2D eigenvalue weighted by Crippen LogP contribution is -2.16. The molecule has 1 heterocycles. The van der Waals surface area contributed by atoms with E-state index in [1.807, 2.05) is 6.20 Å². The van der Waals surface area contributed by atoms with E-state index in [2.05, 4.69) is 32.8 Å². The van der Waals surface area contributed by atoms with E-state index in [1.165, 1.54) is 31.4 Å². The van der Waals surface area contributed by atoms with Gasteiger partial charge in [0.2, 0.25) is 0 Å². The Kier molecular flexibility index (Phi) is 1.99. The molecule has 2 rings (SSSR count). The van der Waals surface area contributed by atoms with E-state index in [1.54, 1.807) is 0 Å². The van der Waals surface area contributed by atoms with Gasteiger partial charge in [-0.05, 0) is 28.8 Å². The van der Waals surface area contributed by atoms with E-state index in [0.29, 0.717) is 5.41 Å². The summed E-state index contributed by atoms with van der Waals surface area (Å²) in [5, 5.41) is 0. The van der Waals surface area contributed by atoms with Gasteiger partial charge in [-0.25, -0.2) is 4.98 Å². The topological polar surface area (TPSA) is 28.7 Å². The molecule has 1 N–H and O–H groups in total. The smallest absolute Gasteiger partial charge is 0.174 e. The molecule has 0 atom stereocenters. The number of rotatable bonds is 1. The van der Waals surface area contributed by atoms with Crippen LogP contribution in [0.3, 0.4) is 0 Å². The normalized spacial score (nSPS) is 21.5.